The van der Waals surface area contributed by atoms with Crippen molar-refractivity contribution in [2.75, 3.05) is 43.4 Å². The van der Waals surface area contributed by atoms with Gasteiger partial charge in [-0.15, -0.1) is 11.3 Å². The van der Waals surface area contributed by atoms with Crippen LogP contribution in [0.25, 0.3) is 10.2 Å². The third-order valence-electron chi connectivity index (χ3n) is 5.14. The molecule has 1 aliphatic heterocycles. The number of fused-ring (bicyclic) bond motifs is 1. The van der Waals surface area contributed by atoms with Crippen molar-refractivity contribution in [3.8, 4) is 0 Å². The zero-order valence-corrected chi connectivity index (χ0v) is 17.9. The van der Waals surface area contributed by atoms with E-state index in [1.807, 2.05) is 31.2 Å². The first-order chi connectivity index (χ1) is 14.0. The molecule has 1 aliphatic rings. The quantitative estimate of drug-likeness (QED) is 0.580. The summed E-state index contributed by atoms with van der Waals surface area (Å²) in [4.78, 5) is 20.7. The zero-order valence-electron chi connectivity index (χ0n) is 16.3. The number of aryl methyl sites for hydroxylation is 1. The van der Waals surface area contributed by atoms with Crippen LogP contribution in [-0.2, 0) is 6.42 Å². The van der Waals surface area contributed by atoms with Gasteiger partial charge in [0, 0.05) is 54.5 Å². The van der Waals surface area contributed by atoms with E-state index in [2.05, 4.69) is 26.6 Å². The van der Waals surface area contributed by atoms with Crippen molar-refractivity contribution in [3.63, 3.8) is 0 Å². The highest BCUT2D eigenvalue weighted by Crippen LogP contribution is 2.32. The number of aromatic nitrogens is 1. The van der Waals surface area contributed by atoms with Crippen molar-refractivity contribution in [1.29, 1.82) is 0 Å². The largest absolute Gasteiger partial charge is 0.397 e. The second-order valence-corrected chi connectivity index (χ2v) is 8.58. The fourth-order valence-electron chi connectivity index (χ4n) is 3.51. The number of amides is 1. The van der Waals surface area contributed by atoms with Crippen LogP contribution in [0.5, 0.6) is 0 Å². The second kappa shape index (κ2) is 8.57. The molecule has 0 radical (unpaired) electrons. The third-order valence-corrected chi connectivity index (χ3v) is 6.60. The van der Waals surface area contributed by atoms with E-state index in [1.165, 1.54) is 11.3 Å². The number of piperazine rings is 1. The van der Waals surface area contributed by atoms with Gasteiger partial charge in [0.05, 0.1) is 5.69 Å². The van der Waals surface area contributed by atoms with Crippen molar-refractivity contribution in [1.82, 2.24) is 15.6 Å². The highest BCUT2D eigenvalue weighted by atomic mass is 35.5. The van der Waals surface area contributed by atoms with Crippen LogP contribution < -0.4 is 21.3 Å². The van der Waals surface area contributed by atoms with E-state index >= 15 is 0 Å². The Labute approximate surface area is 179 Å². The number of halogens is 1. The molecule has 8 heteroatoms. The summed E-state index contributed by atoms with van der Waals surface area (Å²) < 4.78 is 0. The molecule has 3 heterocycles. The van der Waals surface area contributed by atoms with Crippen molar-refractivity contribution < 1.29 is 4.79 Å². The molecule has 0 atom stereocenters. The number of pyridine rings is 1. The van der Waals surface area contributed by atoms with Crippen molar-refractivity contribution in [2.45, 2.75) is 13.3 Å². The van der Waals surface area contributed by atoms with Crippen LogP contribution in [0.4, 0.5) is 11.4 Å². The van der Waals surface area contributed by atoms with E-state index in [4.69, 9.17) is 17.3 Å². The van der Waals surface area contributed by atoms with Crippen LogP contribution >= 0.6 is 22.9 Å². The van der Waals surface area contributed by atoms with Gasteiger partial charge in [-0.25, -0.2) is 4.98 Å². The lowest BCUT2D eigenvalue weighted by Crippen LogP contribution is -2.43. The molecule has 3 aromatic rings. The lowest BCUT2D eigenvalue weighted by molar-refractivity contribution is 0.0959. The molecule has 1 amide bonds. The third kappa shape index (κ3) is 4.32. The normalized spacial score (nSPS) is 14.3. The molecule has 6 nitrogen and oxygen atoms in total. The maximum absolute atomic E-state index is 12.6. The van der Waals surface area contributed by atoms with E-state index in [-0.39, 0.29) is 5.91 Å². The predicted octanol–water partition coefficient (Wildman–Crippen LogP) is 3.22. The lowest BCUT2D eigenvalue weighted by Gasteiger charge is -2.29. The first-order valence-electron chi connectivity index (χ1n) is 9.71. The van der Waals surface area contributed by atoms with E-state index in [0.717, 1.165) is 58.4 Å². The number of nitrogens with two attached hydrogens (primary N) is 1. The summed E-state index contributed by atoms with van der Waals surface area (Å²) in [6.07, 6.45) is 0.661. The van der Waals surface area contributed by atoms with Gasteiger partial charge in [0.15, 0.2) is 0 Å². The molecule has 0 spiro atoms. The van der Waals surface area contributed by atoms with Gasteiger partial charge in [-0.3, -0.25) is 4.79 Å². The van der Waals surface area contributed by atoms with E-state index in [9.17, 15) is 4.79 Å². The Bertz CT molecular complexity index is 1040. The highest BCUT2D eigenvalue weighted by Gasteiger charge is 2.17. The van der Waals surface area contributed by atoms with Gasteiger partial charge < -0.3 is 21.3 Å². The zero-order chi connectivity index (χ0) is 20.4. The maximum atomic E-state index is 12.6. The molecule has 4 rings (SSSR count). The molecule has 2 aromatic heterocycles. The fraction of sp³-hybridized carbons (Fsp3) is 0.333. The number of benzene rings is 1. The predicted molar refractivity (Wildman–Crippen MR) is 121 cm³/mol. The summed E-state index contributed by atoms with van der Waals surface area (Å²) in [6, 6.07) is 9.99. The number of rotatable bonds is 5. The van der Waals surface area contributed by atoms with Gasteiger partial charge in [-0.05, 0) is 43.2 Å². The Kier molecular flexibility index (Phi) is 5.89. The van der Waals surface area contributed by atoms with Crippen LogP contribution in [0.2, 0.25) is 5.02 Å². The number of nitrogen functional groups attached to an aromatic ring is 1. The van der Waals surface area contributed by atoms with E-state index in [1.54, 1.807) is 0 Å². The molecule has 0 saturated carbocycles. The molecule has 29 heavy (non-hydrogen) atoms. The lowest BCUT2D eigenvalue weighted by atomic mass is 10.1. The van der Waals surface area contributed by atoms with E-state index in [0.29, 0.717) is 23.5 Å². The van der Waals surface area contributed by atoms with Gasteiger partial charge in [-0.1, -0.05) is 17.7 Å². The number of nitrogens with zero attached hydrogens (tertiary/aromatic N) is 2. The number of carbonyl (C=O) groups is 1. The minimum absolute atomic E-state index is 0.170. The fourth-order valence-corrected chi connectivity index (χ4v) is 4.83. The van der Waals surface area contributed by atoms with Gasteiger partial charge >= 0.3 is 0 Å². The average Bonchev–Trinajstić information content (AvgIpc) is 3.05. The molecule has 0 bridgehead atoms. The molecule has 4 N–H and O–H groups in total. The topological polar surface area (TPSA) is 83.3 Å². The summed E-state index contributed by atoms with van der Waals surface area (Å²) >= 11 is 7.82. The Morgan fingerprint density at radius 1 is 1.31 bits per heavy atom. The number of carbonyl (C=O) groups excluding carboxylic acids is 1. The Hall–Kier alpha value is -2.35. The summed E-state index contributed by atoms with van der Waals surface area (Å²) in [6.45, 7) is 6.36. The summed E-state index contributed by atoms with van der Waals surface area (Å²) in [7, 11) is 0. The van der Waals surface area contributed by atoms with Crippen LogP contribution in [-0.4, -0.2) is 43.6 Å². The molecular weight excluding hydrogens is 406 g/mol. The molecule has 1 fully saturated rings. The smallest absolute Gasteiger partial charge is 0.263 e. The molecule has 0 unspecified atom stereocenters. The maximum Gasteiger partial charge on any atom is 0.263 e. The number of thiophene rings is 1. The molecule has 152 valence electrons. The second-order valence-electron chi connectivity index (χ2n) is 7.17. The van der Waals surface area contributed by atoms with Gasteiger partial charge in [0.2, 0.25) is 0 Å². The van der Waals surface area contributed by atoms with Gasteiger partial charge in [-0.2, -0.15) is 0 Å². The van der Waals surface area contributed by atoms with Crippen LogP contribution in [0.1, 0.15) is 20.9 Å². The molecule has 1 aromatic carbocycles. The minimum atomic E-state index is -0.170. The first kappa shape index (κ1) is 19.9. The monoisotopic (exact) mass is 429 g/mol. The summed E-state index contributed by atoms with van der Waals surface area (Å²) in [5.74, 6) is -0.170. The number of anilines is 2. The van der Waals surface area contributed by atoms with Gasteiger partial charge in [0.1, 0.15) is 9.71 Å². The standard InChI is InChI=1S/C21H24ClN5OS/c1-13-2-5-16-18(23)19(29-21(16)26-13)20(28)25-7-6-14-3-4-15(12-17(14)22)27-10-8-24-9-11-27/h2-5,12,24H,6-11,23H2,1H3,(H,25,28). The Balaban J connectivity index is 1.38. The summed E-state index contributed by atoms with van der Waals surface area (Å²) in [5.41, 5.74) is 9.73. The Morgan fingerprint density at radius 2 is 2.10 bits per heavy atom. The van der Waals surface area contributed by atoms with Gasteiger partial charge in [0.25, 0.3) is 5.91 Å². The summed E-state index contributed by atoms with van der Waals surface area (Å²) in [5, 5.41) is 7.87. The van der Waals surface area contributed by atoms with Crippen LogP contribution in [0, 0.1) is 6.92 Å². The molecule has 1 saturated heterocycles. The highest BCUT2D eigenvalue weighted by molar-refractivity contribution is 7.21. The number of hydrogen-bond acceptors (Lipinski definition) is 6. The average molecular weight is 430 g/mol. The van der Waals surface area contributed by atoms with Crippen LogP contribution in [0.3, 0.4) is 0 Å². The SMILES string of the molecule is Cc1ccc2c(N)c(C(=O)NCCc3ccc(N4CCNCC4)cc3Cl)sc2n1. The molecular formula is C21H24ClN5OS. The molecule has 0 aliphatic carbocycles. The minimum Gasteiger partial charge on any atom is -0.397 e. The van der Waals surface area contributed by atoms with Crippen molar-refractivity contribution >= 4 is 50.4 Å². The van der Waals surface area contributed by atoms with Crippen molar-refractivity contribution in [2.24, 2.45) is 0 Å². The van der Waals surface area contributed by atoms with E-state index < -0.39 is 0 Å². The Morgan fingerprint density at radius 3 is 2.86 bits per heavy atom. The number of nitrogens with one attached hydrogen (secondary N) is 2. The van der Waals surface area contributed by atoms with Crippen molar-refractivity contribution in [3.05, 3.63) is 51.5 Å². The number of hydrogen-bond donors (Lipinski definition) is 3. The van der Waals surface area contributed by atoms with Crippen LogP contribution in [0.15, 0.2) is 30.3 Å². The first-order valence-corrected chi connectivity index (χ1v) is 10.9.